The van der Waals surface area contributed by atoms with Crippen LogP contribution in [0.25, 0.3) is 0 Å². The Balaban J connectivity index is 0.000000462. The lowest BCUT2D eigenvalue weighted by Crippen LogP contribution is -2.12. The van der Waals surface area contributed by atoms with E-state index in [2.05, 4.69) is 4.74 Å². The van der Waals surface area contributed by atoms with Gasteiger partial charge in [0.25, 0.3) is 0 Å². The first-order valence-electron chi connectivity index (χ1n) is 8.22. The highest BCUT2D eigenvalue weighted by molar-refractivity contribution is 8.00. The van der Waals surface area contributed by atoms with E-state index >= 15 is 0 Å². The van der Waals surface area contributed by atoms with Gasteiger partial charge in [0.15, 0.2) is 0 Å². The van der Waals surface area contributed by atoms with E-state index in [1.54, 1.807) is 24.9 Å². The SMILES string of the molecule is CCC(=O)CSc1ccoc1C.COC(=O)CCCC(C)OC(C)=O. The Morgan fingerprint density at radius 2 is 2.00 bits per heavy atom. The molecule has 1 rings (SSSR count). The van der Waals surface area contributed by atoms with Gasteiger partial charge in [-0.15, -0.1) is 11.8 Å². The van der Waals surface area contributed by atoms with Crippen molar-refractivity contribution in [3.63, 3.8) is 0 Å². The summed E-state index contributed by atoms with van der Waals surface area (Å²) in [6, 6.07) is 1.89. The molecule has 0 amide bonds. The summed E-state index contributed by atoms with van der Waals surface area (Å²) < 4.78 is 14.4. The van der Waals surface area contributed by atoms with Crippen LogP contribution < -0.4 is 0 Å². The molecule has 0 aliphatic heterocycles. The lowest BCUT2D eigenvalue weighted by atomic mass is 10.2. The summed E-state index contributed by atoms with van der Waals surface area (Å²) in [5, 5.41) is 0. The monoisotopic (exact) mass is 372 g/mol. The lowest BCUT2D eigenvalue weighted by Gasteiger charge is -2.10. The zero-order chi connectivity index (χ0) is 19.2. The van der Waals surface area contributed by atoms with Crippen molar-refractivity contribution >= 4 is 29.5 Å². The molecule has 1 aromatic heterocycles. The normalized spacial score (nSPS) is 11.1. The zero-order valence-electron chi connectivity index (χ0n) is 15.6. The van der Waals surface area contributed by atoms with Gasteiger partial charge in [0.2, 0.25) is 0 Å². The van der Waals surface area contributed by atoms with Crippen molar-refractivity contribution in [2.75, 3.05) is 12.9 Å². The Kier molecular flexibility index (Phi) is 12.6. The molecule has 0 fully saturated rings. The molecular weight excluding hydrogens is 344 g/mol. The minimum atomic E-state index is -0.287. The van der Waals surface area contributed by atoms with Crippen molar-refractivity contribution in [1.82, 2.24) is 0 Å². The van der Waals surface area contributed by atoms with Gasteiger partial charge in [-0.3, -0.25) is 14.4 Å². The van der Waals surface area contributed by atoms with Crippen molar-refractivity contribution in [1.29, 1.82) is 0 Å². The van der Waals surface area contributed by atoms with Crippen LogP contribution in [-0.2, 0) is 23.9 Å². The zero-order valence-corrected chi connectivity index (χ0v) is 16.4. The van der Waals surface area contributed by atoms with E-state index in [0.29, 0.717) is 31.4 Å². The van der Waals surface area contributed by atoms with E-state index in [1.165, 1.54) is 14.0 Å². The quantitative estimate of drug-likeness (QED) is 0.479. The van der Waals surface area contributed by atoms with Crippen LogP contribution in [0, 0.1) is 6.92 Å². The summed E-state index contributed by atoms with van der Waals surface area (Å²) >= 11 is 1.54. The summed E-state index contributed by atoms with van der Waals surface area (Å²) in [6.45, 7) is 6.96. The fourth-order valence-corrected chi connectivity index (χ4v) is 2.69. The van der Waals surface area contributed by atoms with Crippen molar-refractivity contribution in [3.05, 3.63) is 18.1 Å². The Bertz CT molecular complexity index is 537. The Morgan fingerprint density at radius 3 is 2.48 bits per heavy atom. The molecule has 142 valence electrons. The molecule has 0 aromatic carbocycles. The summed E-state index contributed by atoms with van der Waals surface area (Å²) in [4.78, 5) is 33.2. The molecule has 1 heterocycles. The van der Waals surface area contributed by atoms with Crippen molar-refractivity contribution in [3.8, 4) is 0 Å². The Labute approximate surface area is 153 Å². The number of esters is 2. The highest BCUT2D eigenvalue weighted by Crippen LogP contribution is 2.22. The number of carbonyl (C=O) groups excluding carboxylic acids is 3. The van der Waals surface area contributed by atoms with E-state index in [-0.39, 0.29) is 23.8 Å². The van der Waals surface area contributed by atoms with Crippen LogP contribution in [0.1, 0.15) is 52.2 Å². The molecule has 0 aliphatic carbocycles. The summed E-state index contributed by atoms with van der Waals surface area (Å²) in [7, 11) is 1.36. The van der Waals surface area contributed by atoms with Gasteiger partial charge in [-0.25, -0.2) is 0 Å². The van der Waals surface area contributed by atoms with Gasteiger partial charge in [-0.2, -0.15) is 0 Å². The number of hydrogen-bond acceptors (Lipinski definition) is 7. The first kappa shape index (κ1) is 23.2. The first-order chi connectivity index (χ1) is 11.8. The molecule has 0 aliphatic rings. The van der Waals surface area contributed by atoms with Crippen molar-refractivity contribution in [2.45, 2.75) is 64.4 Å². The highest BCUT2D eigenvalue weighted by Gasteiger charge is 2.07. The maximum Gasteiger partial charge on any atom is 0.305 e. The topological polar surface area (TPSA) is 82.8 Å². The molecule has 0 spiro atoms. The van der Waals surface area contributed by atoms with E-state index in [1.807, 2.05) is 19.9 Å². The molecule has 0 saturated carbocycles. The lowest BCUT2D eigenvalue weighted by molar-refractivity contribution is -0.145. The molecule has 0 saturated heterocycles. The number of furan rings is 1. The van der Waals surface area contributed by atoms with Gasteiger partial charge in [-0.1, -0.05) is 6.92 Å². The molecular formula is C18H28O6S. The minimum Gasteiger partial charge on any atom is -0.469 e. The van der Waals surface area contributed by atoms with Gasteiger partial charge in [0, 0.05) is 24.7 Å². The average molecular weight is 372 g/mol. The Morgan fingerprint density at radius 1 is 1.32 bits per heavy atom. The third-order valence-electron chi connectivity index (χ3n) is 3.18. The molecule has 0 bridgehead atoms. The fraction of sp³-hybridized carbons (Fsp3) is 0.611. The number of ether oxygens (including phenoxy) is 2. The first-order valence-corrected chi connectivity index (χ1v) is 9.21. The van der Waals surface area contributed by atoms with Crippen LogP contribution in [0.5, 0.6) is 0 Å². The largest absolute Gasteiger partial charge is 0.469 e. The number of rotatable bonds is 9. The van der Waals surface area contributed by atoms with Crippen LogP contribution >= 0.6 is 11.8 Å². The average Bonchev–Trinajstić information content (AvgIpc) is 2.97. The van der Waals surface area contributed by atoms with E-state index in [4.69, 9.17) is 9.15 Å². The second-order valence-corrected chi connectivity index (χ2v) is 6.43. The minimum absolute atomic E-state index is 0.123. The number of thioether (sulfide) groups is 1. The second kappa shape index (κ2) is 13.5. The summed E-state index contributed by atoms with van der Waals surface area (Å²) in [6.07, 6.45) is 3.89. The third kappa shape index (κ3) is 12.3. The van der Waals surface area contributed by atoms with E-state index in [9.17, 15) is 14.4 Å². The predicted molar refractivity (Wildman–Crippen MR) is 96.6 cm³/mol. The molecule has 0 N–H and O–H groups in total. The van der Waals surface area contributed by atoms with Crippen LogP contribution in [-0.4, -0.2) is 36.7 Å². The van der Waals surface area contributed by atoms with Gasteiger partial charge >= 0.3 is 11.9 Å². The molecule has 0 radical (unpaired) electrons. The third-order valence-corrected chi connectivity index (χ3v) is 4.38. The van der Waals surface area contributed by atoms with Gasteiger partial charge in [-0.05, 0) is 32.8 Å². The van der Waals surface area contributed by atoms with Crippen molar-refractivity contribution < 1.29 is 28.3 Å². The number of ketones is 1. The van der Waals surface area contributed by atoms with Gasteiger partial charge in [0.1, 0.15) is 11.5 Å². The van der Waals surface area contributed by atoms with E-state index in [0.717, 1.165) is 10.7 Å². The van der Waals surface area contributed by atoms with Crippen molar-refractivity contribution in [2.24, 2.45) is 0 Å². The molecule has 1 aromatic rings. The van der Waals surface area contributed by atoms with Gasteiger partial charge < -0.3 is 13.9 Å². The summed E-state index contributed by atoms with van der Waals surface area (Å²) in [5.41, 5.74) is 0. The van der Waals surface area contributed by atoms with Crippen LogP contribution in [0.2, 0.25) is 0 Å². The fourth-order valence-electron chi connectivity index (χ4n) is 1.76. The highest BCUT2D eigenvalue weighted by atomic mass is 32.2. The van der Waals surface area contributed by atoms with Crippen LogP contribution in [0.3, 0.4) is 0 Å². The number of Topliss-reactive ketones (excluding diaryl/α,β-unsaturated/α-hetero) is 1. The molecule has 25 heavy (non-hydrogen) atoms. The molecule has 7 heteroatoms. The molecule has 6 nitrogen and oxygen atoms in total. The number of carbonyl (C=O) groups is 3. The maximum absolute atomic E-state index is 11.0. The summed E-state index contributed by atoms with van der Waals surface area (Å²) in [5.74, 6) is 1.21. The van der Waals surface area contributed by atoms with Crippen LogP contribution in [0.4, 0.5) is 0 Å². The standard InChI is InChI=1S/C9H16O4.C9H12O2S/c1-7(13-8(2)10)5-4-6-9(11)12-3;1-3-8(10)6-12-9-4-5-11-7(9)2/h7H,4-6H2,1-3H3;4-5H,3,6H2,1-2H3. The van der Waals surface area contributed by atoms with Gasteiger partial charge in [0.05, 0.1) is 25.2 Å². The number of hydrogen-bond donors (Lipinski definition) is 0. The van der Waals surface area contributed by atoms with E-state index < -0.39 is 0 Å². The second-order valence-electron chi connectivity index (χ2n) is 5.41. The number of aryl methyl sites for hydroxylation is 1. The smallest absolute Gasteiger partial charge is 0.305 e. The number of methoxy groups -OCH3 is 1. The van der Waals surface area contributed by atoms with Crippen LogP contribution in [0.15, 0.2) is 21.6 Å². The predicted octanol–water partition coefficient (Wildman–Crippen LogP) is 3.94. The molecule has 1 unspecified atom stereocenters. The maximum atomic E-state index is 11.0. The molecule has 1 atom stereocenters. The Hall–Kier alpha value is -1.76.